The molecular formula is C8H12N2O4S. The monoisotopic (exact) mass is 232 g/mol. The van der Waals surface area contributed by atoms with Gasteiger partial charge in [-0.05, 0) is 11.6 Å². The number of sulfonamides is 1. The summed E-state index contributed by atoms with van der Waals surface area (Å²) in [6.45, 7) is 0.108. The van der Waals surface area contributed by atoms with Crippen LogP contribution in [0.1, 0.15) is 5.56 Å². The summed E-state index contributed by atoms with van der Waals surface area (Å²) in [4.78, 5) is 10.2. The van der Waals surface area contributed by atoms with Crippen molar-refractivity contribution in [3.05, 3.63) is 24.0 Å². The Morgan fingerprint density at radius 1 is 1.60 bits per heavy atom. The van der Waals surface area contributed by atoms with Gasteiger partial charge in [0.25, 0.3) is 0 Å². The minimum absolute atomic E-state index is 0.108. The lowest BCUT2D eigenvalue weighted by Crippen LogP contribution is -2.29. The number of aromatic nitrogens is 1. The Hall–Kier alpha value is -1.34. The molecule has 0 aliphatic rings. The zero-order chi connectivity index (χ0) is 11.5. The predicted molar refractivity (Wildman–Crippen MR) is 53.7 cm³/mol. The van der Waals surface area contributed by atoms with Crippen LogP contribution < -0.4 is 4.72 Å². The number of carboxylic acid groups (broad SMARTS) is 1. The van der Waals surface area contributed by atoms with E-state index in [1.165, 1.54) is 0 Å². The summed E-state index contributed by atoms with van der Waals surface area (Å²) in [5.41, 5.74) is 0.784. The summed E-state index contributed by atoms with van der Waals surface area (Å²) >= 11 is 0. The number of aliphatic carboxylic acids is 1. The van der Waals surface area contributed by atoms with E-state index < -0.39 is 21.7 Å². The van der Waals surface area contributed by atoms with E-state index in [1.54, 1.807) is 23.0 Å². The maximum absolute atomic E-state index is 11.1. The quantitative estimate of drug-likeness (QED) is 0.718. The molecule has 0 aliphatic heterocycles. The first kappa shape index (κ1) is 11.7. The van der Waals surface area contributed by atoms with Crippen molar-refractivity contribution >= 4 is 16.0 Å². The van der Waals surface area contributed by atoms with Crippen LogP contribution in [-0.2, 0) is 28.4 Å². The average Bonchev–Trinajstić information content (AvgIpc) is 2.46. The van der Waals surface area contributed by atoms with Crippen molar-refractivity contribution < 1.29 is 18.3 Å². The van der Waals surface area contributed by atoms with Crippen molar-refractivity contribution in [3.63, 3.8) is 0 Å². The zero-order valence-corrected chi connectivity index (χ0v) is 8.99. The van der Waals surface area contributed by atoms with E-state index >= 15 is 0 Å². The van der Waals surface area contributed by atoms with Gasteiger partial charge in [0.15, 0.2) is 5.75 Å². The Bertz CT molecular complexity index is 449. The lowest BCUT2D eigenvalue weighted by molar-refractivity contribution is -0.134. The van der Waals surface area contributed by atoms with Crippen LogP contribution in [0.5, 0.6) is 0 Å². The fraction of sp³-hybridized carbons (Fsp3) is 0.375. The minimum Gasteiger partial charge on any atom is -0.480 e. The van der Waals surface area contributed by atoms with Gasteiger partial charge in [0, 0.05) is 26.0 Å². The fourth-order valence-corrected chi connectivity index (χ4v) is 1.89. The van der Waals surface area contributed by atoms with Gasteiger partial charge in [-0.3, -0.25) is 4.79 Å². The highest BCUT2D eigenvalue weighted by Crippen LogP contribution is 1.99. The molecule has 1 heterocycles. The summed E-state index contributed by atoms with van der Waals surface area (Å²) in [6, 6.07) is 1.75. The van der Waals surface area contributed by atoms with Gasteiger partial charge in [0.2, 0.25) is 10.0 Å². The molecule has 0 amide bonds. The maximum atomic E-state index is 11.1. The first-order chi connectivity index (χ1) is 6.89. The van der Waals surface area contributed by atoms with Crippen molar-refractivity contribution in [1.29, 1.82) is 0 Å². The largest absolute Gasteiger partial charge is 0.480 e. The van der Waals surface area contributed by atoms with Crippen LogP contribution in [0, 0.1) is 0 Å². The molecule has 84 valence electrons. The van der Waals surface area contributed by atoms with Crippen LogP contribution in [0.4, 0.5) is 0 Å². The molecule has 0 atom stereocenters. The van der Waals surface area contributed by atoms with E-state index in [4.69, 9.17) is 5.11 Å². The Balaban J connectivity index is 2.53. The number of hydrogen-bond acceptors (Lipinski definition) is 3. The van der Waals surface area contributed by atoms with Gasteiger partial charge in [-0.2, -0.15) is 0 Å². The van der Waals surface area contributed by atoms with Crippen molar-refractivity contribution in [3.8, 4) is 0 Å². The molecule has 0 radical (unpaired) electrons. The van der Waals surface area contributed by atoms with E-state index in [9.17, 15) is 13.2 Å². The minimum atomic E-state index is -3.73. The molecule has 0 aromatic carbocycles. The fourth-order valence-electron chi connectivity index (χ4n) is 1.07. The van der Waals surface area contributed by atoms with E-state index in [0.29, 0.717) is 0 Å². The number of nitrogens with one attached hydrogen (secondary N) is 1. The van der Waals surface area contributed by atoms with E-state index in [2.05, 4.69) is 4.72 Å². The summed E-state index contributed by atoms with van der Waals surface area (Å²) in [5, 5.41) is 8.33. The van der Waals surface area contributed by atoms with E-state index in [1.807, 2.05) is 7.05 Å². The number of nitrogens with zero attached hydrogens (tertiary/aromatic N) is 1. The average molecular weight is 232 g/mol. The summed E-state index contributed by atoms with van der Waals surface area (Å²) < 4.78 is 26.2. The molecule has 1 aromatic rings. The van der Waals surface area contributed by atoms with Crippen LogP contribution in [0.25, 0.3) is 0 Å². The Labute approximate surface area is 87.6 Å². The third-order valence-corrected chi connectivity index (χ3v) is 2.91. The van der Waals surface area contributed by atoms with Crippen LogP contribution in [0.15, 0.2) is 18.5 Å². The molecule has 0 aliphatic carbocycles. The molecule has 6 nitrogen and oxygen atoms in total. The number of carbonyl (C=O) groups is 1. The van der Waals surface area contributed by atoms with Crippen LogP contribution in [-0.4, -0.2) is 29.8 Å². The number of carboxylic acids is 1. The van der Waals surface area contributed by atoms with Crippen LogP contribution >= 0.6 is 0 Å². The Kier molecular flexibility index (Phi) is 3.48. The van der Waals surface area contributed by atoms with E-state index in [0.717, 1.165) is 5.56 Å². The number of hydrogen-bond donors (Lipinski definition) is 2. The predicted octanol–water partition coefficient (Wildman–Crippen LogP) is -0.471. The van der Waals surface area contributed by atoms with E-state index in [-0.39, 0.29) is 6.54 Å². The van der Waals surface area contributed by atoms with Gasteiger partial charge < -0.3 is 9.67 Å². The molecule has 7 heteroatoms. The Morgan fingerprint density at radius 3 is 2.73 bits per heavy atom. The molecule has 0 saturated heterocycles. The molecule has 0 saturated carbocycles. The summed E-state index contributed by atoms with van der Waals surface area (Å²) in [6.07, 6.45) is 3.53. The normalized spacial score (nSPS) is 11.5. The number of rotatable bonds is 5. The second kappa shape index (κ2) is 4.45. The maximum Gasteiger partial charge on any atom is 0.320 e. The first-order valence-corrected chi connectivity index (χ1v) is 5.84. The van der Waals surface area contributed by atoms with Gasteiger partial charge in [-0.25, -0.2) is 13.1 Å². The highest BCUT2D eigenvalue weighted by molar-refractivity contribution is 7.90. The van der Waals surface area contributed by atoms with Crippen molar-refractivity contribution in [1.82, 2.24) is 9.29 Å². The highest BCUT2D eigenvalue weighted by Gasteiger charge is 2.14. The SMILES string of the molecule is Cn1ccc(CNS(=O)(=O)CC(=O)O)c1. The molecule has 0 fully saturated rings. The van der Waals surface area contributed by atoms with Crippen molar-refractivity contribution in [2.45, 2.75) is 6.54 Å². The van der Waals surface area contributed by atoms with Crippen LogP contribution in [0.3, 0.4) is 0 Å². The third-order valence-electron chi connectivity index (χ3n) is 1.70. The lowest BCUT2D eigenvalue weighted by atomic mass is 10.4. The molecule has 0 spiro atoms. The molecule has 1 aromatic heterocycles. The van der Waals surface area contributed by atoms with Gasteiger partial charge in [0.05, 0.1) is 0 Å². The van der Waals surface area contributed by atoms with Crippen molar-refractivity contribution in [2.75, 3.05) is 5.75 Å². The lowest BCUT2D eigenvalue weighted by Gasteiger charge is -2.02. The molecule has 15 heavy (non-hydrogen) atoms. The second-order valence-corrected chi connectivity index (χ2v) is 4.97. The van der Waals surface area contributed by atoms with Crippen LogP contribution in [0.2, 0.25) is 0 Å². The third kappa shape index (κ3) is 4.13. The molecule has 1 rings (SSSR count). The van der Waals surface area contributed by atoms with Gasteiger partial charge in [-0.1, -0.05) is 0 Å². The Morgan fingerprint density at radius 2 is 2.27 bits per heavy atom. The number of aryl methyl sites for hydroxylation is 1. The zero-order valence-electron chi connectivity index (χ0n) is 8.17. The second-order valence-electron chi connectivity index (χ2n) is 3.16. The molecular weight excluding hydrogens is 220 g/mol. The first-order valence-electron chi connectivity index (χ1n) is 4.19. The molecule has 0 unspecified atom stereocenters. The summed E-state index contributed by atoms with van der Waals surface area (Å²) in [5.74, 6) is -2.27. The van der Waals surface area contributed by atoms with Gasteiger partial charge in [-0.15, -0.1) is 0 Å². The van der Waals surface area contributed by atoms with Crippen molar-refractivity contribution in [2.24, 2.45) is 7.05 Å². The van der Waals surface area contributed by atoms with Gasteiger partial charge >= 0.3 is 5.97 Å². The molecule has 2 N–H and O–H groups in total. The summed E-state index contributed by atoms with van der Waals surface area (Å²) in [7, 11) is -1.91. The topological polar surface area (TPSA) is 88.4 Å². The van der Waals surface area contributed by atoms with Gasteiger partial charge in [0.1, 0.15) is 0 Å². The molecule has 0 bridgehead atoms. The highest BCUT2D eigenvalue weighted by atomic mass is 32.2. The smallest absolute Gasteiger partial charge is 0.320 e. The standard InChI is InChI=1S/C8H12N2O4S/c1-10-3-2-7(5-10)4-9-15(13,14)6-8(11)12/h2-3,5,9H,4,6H2,1H3,(H,11,12).